The zero-order chi connectivity index (χ0) is 14.4. The van der Waals surface area contributed by atoms with Crippen LogP contribution in [0.5, 0.6) is 0 Å². The Kier molecular flexibility index (Phi) is 4.73. The summed E-state index contributed by atoms with van der Waals surface area (Å²) in [7, 11) is 0. The topological polar surface area (TPSA) is 44.1 Å². The highest BCUT2D eigenvalue weighted by Gasteiger charge is 2.12. The Morgan fingerprint density at radius 3 is 2.65 bits per heavy atom. The molecule has 0 heterocycles. The van der Waals surface area contributed by atoms with E-state index >= 15 is 0 Å². The van der Waals surface area contributed by atoms with Crippen LogP contribution in [0.25, 0.3) is 10.8 Å². The van der Waals surface area contributed by atoms with Crippen molar-refractivity contribution in [3.8, 4) is 6.07 Å². The first-order chi connectivity index (χ1) is 9.74. The molecule has 0 fully saturated rings. The van der Waals surface area contributed by atoms with Crippen LogP contribution in [0.1, 0.15) is 18.9 Å². The fourth-order valence-electron chi connectivity index (χ4n) is 2.28. The van der Waals surface area contributed by atoms with Crippen LogP contribution in [-0.2, 0) is 11.2 Å². The van der Waals surface area contributed by atoms with E-state index in [4.69, 9.17) is 5.26 Å². The molecule has 3 heteroatoms. The van der Waals surface area contributed by atoms with Gasteiger partial charge in [-0.15, -0.1) is 0 Å². The zero-order valence-electron chi connectivity index (χ0n) is 11.7. The third-order valence-electron chi connectivity index (χ3n) is 3.28. The second-order valence-electron chi connectivity index (χ2n) is 4.83. The number of rotatable bonds is 5. The van der Waals surface area contributed by atoms with Crippen LogP contribution >= 0.6 is 0 Å². The van der Waals surface area contributed by atoms with Crippen molar-refractivity contribution in [1.29, 1.82) is 5.26 Å². The van der Waals surface area contributed by atoms with E-state index in [-0.39, 0.29) is 12.5 Å². The zero-order valence-corrected chi connectivity index (χ0v) is 11.7. The van der Waals surface area contributed by atoms with E-state index < -0.39 is 0 Å². The number of nitrogens with zero attached hydrogens (tertiary/aromatic N) is 2. The second-order valence-corrected chi connectivity index (χ2v) is 4.83. The van der Waals surface area contributed by atoms with E-state index in [9.17, 15) is 4.79 Å². The Morgan fingerprint density at radius 2 is 1.95 bits per heavy atom. The molecule has 0 saturated heterocycles. The molecule has 2 rings (SSSR count). The van der Waals surface area contributed by atoms with Gasteiger partial charge in [0.15, 0.2) is 0 Å². The van der Waals surface area contributed by atoms with Gasteiger partial charge in [0.2, 0.25) is 5.91 Å². The molecule has 2 aromatic carbocycles. The Morgan fingerprint density at radius 1 is 1.20 bits per heavy atom. The van der Waals surface area contributed by atoms with Gasteiger partial charge in [0.05, 0.1) is 12.5 Å². The second kappa shape index (κ2) is 6.72. The van der Waals surface area contributed by atoms with Crippen LogP contribution in [0.2, 0.25) is 0 Å². The van der Waals surface area contributed by atoms with Gasteiger partial charge in [0.25, 0.3) is 0 Å². The molecule has 0 aromatic heterocycles. The molecule has 3 nitrogen and oxygen atoms in total. The quantitative estimate of drug-likeness (QED) is 0.780. The molecular formula is C17H18N2O. The van der Waals surface area contributed by atoms with Crippen molar-refractivity contribution >= 4 is 16.7 Å². The van der Waals surface area contributed by atoms with Gasteiger partial charge in [0.1, 0.15) is 6.54 Å². The molecule has 0 aliphatic carbocycles. The van der Waals surface area contributed by atoms with Crippen LogP contribution in [0.15, 0.2) is 42.5 Å². The normalized spacial score (nSPS) is 10.2. The molecule has 0 aliphatic heterocycles. The highest BCUT2D eigenvalue weighted by molar-refractivity contribution is 5.85. The molecule has 0 spiro atoms. The minimum absolute atomic E-state index is 0.0173. The third-order valence-corrected chi connectivity index (χ3v) is 3.28. The summed E-state index contributed by atoms with van der Waals surface area (Å²) >= 11 is 0. The Labute approximate surface area is 119 Å². The molecule has 0 radical (unpaired) electrons. The maximum Gasteiger partial charge on any atom is 0.227 e. The summed E-state index contributed by atoms with van der Waals surface area (Å²) in [6.45, 7) is 2.81. The molecule has 102 valence electrons. The molecule has 0 aliphatic rings. The van der Waals surface area contributed by atoms with E-state index in [1.54, 1.807) is 4.90 Å². The van der Waals surface area contributed by atoms with Crippen LogP contribution in [-0.4, -0.2) is 23.9 Å². The van der Waals surface area contributed by atoms with E-state index in [0.29, 0.717) is 13.0 Å². The molecule has 20 heavy (non-hydrogen) atoms. The molecule has 0 atom stereocenters. The Balaban J connectivity index is 2.14. The lowest BCUT2D eigenvalue weighted by Gasteiger charge is -2.18. The Hall–Kier alpha value is -2.34. The summed E-state index contributed by atoms with van der Waals surface area (Å²) < 4.78 is 0. The first-order valence-corrected chi connectivity index (χ1v) is 6.87. The number of nitriles is 1. The van der Waals surface area contributed by atoms with Gasteiger partial charge in [-0.3, -0.25) is 4.79 Å². The molecule has 0 saturated carbocycles. The van der Waals surface area contributed by atoms with Crippen molar-refractivity contribution in [2.45, 2.75) is 19.8 Å². The highest BCUT2D eigenvalue weighted by atomic mass is 16.2. The van der Waals surface area contributed by atoms with Gasteiger partial charge < -0.3 is 4.90 Å². The van der Waals surface area contributed by atoms with E-state index in [1.165, 1.54) is 5.39 Å². The molecule has 0 bridgehead atoms. The summed E-state index contributed by atoms with van der Waals surface area (Å²) in [4.78, 5) is 13.8. The van der Waals surface area contributed by atoms with Crippen LogP contribution in [0.3, 0.4) is 0 Å². The number of fused-ring (bicyclic) bond motifs is 1. The number of hydrogen-bond acceptors (Lipinski definition) is 2. The van der Waals surface area contributed by atoms with Gasteiger partial charge in [0, 0.05) is 6.54 Å². The summed E-state index contributed by atoms with van der Waals surface area (Å²) in [6.07, 6.45) is 1.22. The molecule has 0 N–H and O–H groups in total. The molecule has 0 unspecified atom stereocenters. The predicted molar refractivity (Wildman–Crippen MR) is 80.1 cm³/mol. The first-order valence-electron chi connectivity index (χ1n) is 6.87. The highest BCUT2D eigenvalue weighted by Crippen LogP contribution is 2.16. The van der Waals surface area contributed by atoms with Crippen molar-refractivity contribution in [2.24, 2.45) is 0 Å². The smallest absolute Gasteiger partial charge is 0.227 e. The predicted octanol–water partition coefficient (Wildman–Crippen LogP) is 3.14. The average molecular weight is 266 g/mol. The summed E-state index contributed by atoms with van der Waals surface area (Å²) in [5, 5.41) is 11.1. The summed E-state index contributed by atoms with van der Waals surface area (Å²) in [6, 6.07) is 16.2. The van der Waals surface area contributed by atoms with Crippen molar-refractivity contribution < 1.29 is 4.79 Å². The lowest BCUT2D eigenvalue weighted by Crippen LogP contribution is -2.33. The Bertz CT molecular complexity index is 643. The van der Waals surface area contributed by atoms with Crippen molar-refractivity contribution in [3.63, 3.8) is 0 Å². The van der Waals surface area contributed by atoms with Gasteiger partial charge in [-0.1, -0.05) is 49.4 Å². The molecule has 2 aromatic rings. The standard InChI is InChI=1S/C17H18N2O/c1-2-10-19(11-9-18)17(20)13-14-7-8-15-5-3-4-6-16(15)12-14/h3-8,12H,2,10-11,13H2,1H3. The SMILES string of the molecule is CCCN(CC#N)C(=O)Cc1ccc2ccccc2c1. The maximum atomic E-state index is 12.2. The third kappa shape index (κ3) is 3.36. The minimum atomic E-state index is 0.0173. The van der Waals surface area contributed by atoms with Gasteiger partial charge in [-0.2, -0.15) is 5.26 Å². The maximum absolute atomic E-state index is 12.2. The minimum Gasteiger partial charge on any atom is -0.329 e. The molecule has 1 amide bonds. The fraction of sp³-hybridized carbons (Fsp3) is 0.294. The fourth-order valence-corrected chi connectivity index (χ4v) is 2.28. The number of hydrogen-bond donors (Lipinski definition) is 0. The number of carbonyl (C=O) groups excluding carboxylic acids is 1. The van der Waals surface area contributed by atoms with Crippen LogP contribution in [0.4, 0.5) is 0 Å². The first kappa shape index (κ1) is 14.1. The van der Waals surface area contributed by atoms with Gasteiger partial charge in [-0.25, -0.2) is 0 Å². The van der Waals surface area contributed by atoms with Crippen molar-refractivity contribution in [3.05, 3.63) is 48.0 Å². The van der Waals surface area contributed by atoms with E-state index in [0.717, 1.165) is 17.4 Å². The summed E-state index contributed by atoms with van der Waals surface area (Å²) in [5.41, 5.74) is 0.993. The van der Waals surface area contributed by atoms with E-state index in [1.807, 2.05) is 43.3 Å². The average Bonchev–Trinajstić information content (AvgIpc) is 2.47. The van der Waals surface area contributed by atoms with Crippen molar-refractivity contribution in [2.75, 3.05) is 13.1 Å². The lowest BCUT2D eigenvalue weighted by atomic mass is 10.0. The van der Waals surface area contributed by atoms with Crippen molar-refractivity contribution in [1.82, 2.24) is 4.90 Å². The van der Waals surface area contributed by atoms with Gasteiger partial charge >= 0.3 is 0 Å². The van der Waals surface area contributed by atoms with Gasteiger partial charge in [-0.05, 0) is 22.8 Å². The lowest BCUT2D eigenvalue weighted by molar-refractivity contribution is -0.129. The van der Waals surface area contributed by atoms with Crippen LogP contribution < -0.4 is 0 Å². The number of carbonyl (C=O) groups is 1. The summed E-state index contributed by atoms with van der Waals surface area (Å²) in [5.74, 6) is 0.0173. The largest absolute Gasteiger partial charge is 0.329 e. The monoisotopic (exact) mass is 266 g/mol. The van der Waals surface area contributed by atoms with E-state index in [2.05, 4.69) is 12.1 Å². The van der Waals surface area contributed by atoms with Crippen LogP contribution in [0, 0.1) is 11.3 Å². The molecular weight excluding hydrogens is 248 g/mol. The number of benzene rings is 2. The number of amides is 1.